The number of fused-ring (bicyclic) bond motifs is 2. The Bertz CT molecular complexity index is 1280. The molecule has 3 aromatic heterocycles. The lowest BCUT2D eigenvalue weighted by Crippen LogP contribution is -2.37. The van der Waals surface area contributed by atoms with Gasteiger partial charge in [-0.15, -0.1) is 0 Å². The lowest BCUT2D eigenvalue weighted by atomic mass is 10.0. The topological polar surface area (TPSA) is 87.3 Å². The number of pyridine rings is 2. The van der Waals surface area contributed by atoms with E-state index in [-0.39, 0.29) is 5.75 Å². The monoisotopic (exact) mass is 417 g/mol. The SMILES string of the molecule is Cc1nc2c(C)c(O)c(-c3ccc4nc(N5CC[C@H](NC(C)C)C5)ccc4n3)cc2o1. The number of hydrogen-bond donors (Lipinski definition) is 2. The predicted molar refractivity (Wildman–Crippen MR) is 123 cm³/mol. The van der Waals surface area contributed by atoms with Crippen LogP contribution >= 0.6 is 0 Å². The normalized spacial score (nSPS) is 16.8. The quantitative estimate of drug-likeness (QED) is 0.511. The molecule has 0 spiro atoms. The molecule has 1 atom stereocenters. The van der Waals surface area contributed by atoms with Crippen molar-refractivity contribution in [3.05, 3.63) is 41.8 Å². The first-order valence-electron chi connectivity index (χ1n) is 10.8. The van der Waals surface area contributed by atoms with Crippen molar-refractivity contribution in [3.63, 3.8) is 0 Å². The van der Waals surface area contributed by atoms with Crippen molar-refractivity contribution in [2.24, 2.45) is 0 Å². The smallest absolute Gasteiger partial charge is 0.192 e. The summed E-state index contributed by atoms with van der Waals surface area (Å²) in [6, 6.07) is 10.7. The van der Waals surface area contributed by atoms with Gasteiger partial charge in [0.05, 0.1) is 16.7 Å². The highest BCUT2D eigenvalue weighted by Gasteiger charge is 2.24. The van der Waals surface area contributed by atoms with Crippen molar-refractivity contribution in [1.82, 2.24) is 20.3 Å². The van der Waals surface area contributed by atoms with E-state index in [0.717, 1.165) is 36.4 Å². The molecule has 5 rings (SSSR count). The number of nitrogens with zero attached hydrogens (tertiary/aromatic N) is 4. The fourth-order valence-corrected chi connectivity index (χ4v) is 4.42. The third-order valence-corrected chi connectivity index (χ3v) is 5.89. The minimum absolute atomic E-state index is 0.179. The molecule has 4 aromatic rings. The number of aromatic nitrogens is 3. The van der Waals surface area contributed by atoms with Crippen LogP contribution in [0.3, 0.4) is 0 Å². The van der Waals surface area contributed by atoms with Crippen molar-refractivity contribution in [1.29, 1.82) is 0 Å². The lowest BCUT2D eigenvalue weighted by molar-refractivity contribution is 0.473. The van der Waals surface area contributed by atoms with E-state index >= 15 is 0 Å². The van der Waals surface area contributed by atoms with Crippen molar-refractivity contribution >= 4 is 28.0 Å². The second kappa shape index (κ2) is 7.50. The molecule has 7 heteroatoms. The third kappa shape index (κ3) is 3.59. The van der Waals surface area contributed by atoms with Gasteiger partial charge in [-0.25, -0.2) is 15.0 Å². The number of rotatable bonds is 4. The Balaban J connectivity index is 1.47. The Morgan fingerprint density at radius 2 is 1.87 bits per heavy atom. The van der Waals surface area contributed by atoms with Crippen LogP contribution in [0, 0.1) is 13.8 Å². The van der Waals surface area contributed by atoms with Crippen LogP contribution in [0.2, 0.25) is 0 Å². The Labute approximate surface area is 181 Å². The lowest BCUT2D eigenvalue weighted by Gasteiger charge is -2.19. The van der Waals surface area contributed by atoms with E-state index in [0.29, 0.717) is 45.9 Å². The van der Waals surface area contributed by atoms with Crippen LogP contribution in [0.4, 0.5) is 5.82 Å². The molecule has 1 saturated heterocycles. The van der Waals surface area contributed by atoms with Crippen LogP contribution in [-0.4, -0.2) is 45.2 Å². The minimum Gasteiger partial charge on any atom is -0.507 e. The maximum absolute atomic E-state index is 10.8. The Hall–Kier alpha value is -3.19. The summed E-state index contributed by atoms with van der Waals surface area (Å²) < 4.78 is 5.69. The van der Waals surface area contributed by atoms with Crippen LogP contribution < -0.4 is 10.2 Å². The van der Waals surface area contributed by atoms with Crippen LogP contribution in [0.1, 0.15) is 31.7 Å². The fourth-order valence-electron chi connectivity index (χ4n) is 4.42. The van der Waals surface area contributed by atoms with Gasteiger partial charge in [0, 0.05) is 43.2 Å². The number of benzene rings is 1. The number of phenolic OH excluding ortho intramolecular Hbond substituents is 1. The van der Waals surface area contributed by atoms with Gasteiger partial charge in [0.1, 0.15) is 17.1 Å². The number of nitrogens with one attached hydrogen (secondary N) is 1. The first-order chi connectivity index (χ1) is 14.9. The predicted octanol–water partition coefficient (Wildman–Crippen LogP) is 4.34. The number of aromatic hydroxyl groups is 1. The number of anilines is 1. The molecular formula is C24H27N5O2. The molecular weight excluding hydrogens is 390 g/mol. The van der Waals surface area contributed by atoms with Gasteiger partial charge in [0.15, 0.2) is 11.5 Å². The molecule has 1 aromatic carbocycles. The number of aryl methyl sites for hydroxylation is 2. The van der Waals surface area contributed by atoms with Gasteiger partial charge in [-0.1, -0.05) is 13.8 Å². The summed E-state index contributed by atoms with van der Waals surface area (Å²) in [7, 11) is 0. The number of phenols is 1. The Kier molecular flexibility index (Phi) is 4.78. The van der Waals surface area contributed by atoms with E-state index in [1.165, 1.54) is 0 Å². The highest BCUT2D eigenvalue weighted by Crippen LogP contribution is 2.37. The zero-order valence-corrected chi connectivity index (χ0v) is 18.3. The second-order valence-corrected chi connectivity index (χ2v) is 8.63. The summed E-state index contributed by atoms with van der Waals surface area (Å²) in [5.74, 6) is 1.73. The summed E-state index contributed by atoms with van der Waals surface area (Å²) in [6.07, 6.45) is 1.12. The highest BCUT2D eigenvalue weighted by molar-refractivity contribution is 5.89. The fraction of sp³-hybridized carbons (Fsp3) is 0.375. The maximum atomic E-state index is 10.8. The van der Waals surface area contributed by atoms with Gasteiger partial charge in [0.25, 0.3) is 0 Å². The van der Waals surface area contributed by atoms with Crippen LogP contribution in [0.25, 0.3) is 33.4 Å². The van der Waals surface area contributed by atoms with Gasteiger partial charge in [-0.2, -0.15) is 0 Å². The van der Waals surface area contributed by atoms with Crippen molar-refractivity contribution in [2.75, 3.05) is 18.0 Å². The minimum atomic E-state index is 0.179. The summed E-state index contributed by atoms with van der Waals surface area (Å²) in [4.78, 5) is 16.3. The zero-order chi connectivity index (χ0) is 21.7. The molecule has 0 saturated carbocycles. The van der Waals surface area contributed by atoms with E-state index in [4.69, 9.17) is 14.4 Å². The van der Waals surface area contributed by atoms with Crippen molar-refractivity contribution in [2.45, 2.75) is 46.2 Å². The van der Waals surface area contributed by atoms with Gasteiger partial charge in [-0.05, 0) is 43.7 Å². The summed E-state index contributed by atoms with van der Waals surface area (Å²) in [5.41, 5.74) is 4.98. The summed E-state index contributed by atoms with van der Waals surface area (Å²) in [5, 5.41) is 14.4. The van der Waals surface area contributed by atoms with Crippen molar-refractivity contribution in [3.8, 4) is 17.0 Å². The molecule has 4 heterocycles. The molecule has 0 radical (unpaired) electrons. The molecule has 31 heavy (non-hydrogen) atoms. The van der Waals surface area contributed by atoms with E-state index in [9.17, 15) is 5.11 Å². The van der Waals surface area contributed by atoms with Gasteiger partial charge < -0.3 is 19.7 Å². The molecule has 2 N–H and O–H groups in total. The Morgan fingerprint density at radius 1 is 1.10 bits per heavy atom. The standard InChI is InChI=1S/C24H27N5O2/c1-13(2)25-16-9-10-29(12-16)22-8-7-19-20(28-22)6-5-18(27-19)17-11-21-23(14(3)24(17)30)26-15(4)31-21/h5-8,11,13,16,25,30H,9-10,12H2,1-4H3/t16-/m0/s1. The molecule has 160 valence electrons. The molecule has 0 bridgehead atoms. The number of oxazole rings is 1. The maximum Gasteiger partial charge on any atom is 0.192 e. The zero-order valence-electron chi connectivity index (χ0n) is 18.3. The Morgan fingerprint density at radius 3 is 2.68 bits per heavy atom. The third-order valence-electron chi connectivity index (χ3n) is 5.89. The first-order valence-corrected chi connectivity index (χ1v) is 10.8. The summed E-state index contributed by atoms with van der Waals surface area (Å²) >= 11 is 0. The van der Waals surface area contributed by atoms with E-state index in [1.807, 2.05) is 31.2 Å². The van der Waals surface area contributed by atoms with Crippen molar-refractivity contribution < 1.29 is 9.52 Å². The summed E-state index contributed by atoms with van der Waals surface area (Å²) in [6.45, 7) is 9.97. The first kappa shape index (κ1) is 19.8. The largest absolute Gasteiger partial charge is 0.507 e. The second-order valence-electron chi connectivity index (χ2n) is 8.63. The molecule has 7 nitrogen and oxygen atoms in total. The van der Waals surface area contributed by atoms with E-state index < -0.39 is 0 Å². The molecule has 1 aliphatic heterocycles. The van der Waals surface area contributed by atoms with Crippen LogP contribution in [0.5, 0.6) is 5.75 Å². The number of hydrogen-bond acceptors (Lipinski definition) is 7. The van der Waals surface area contributed by atoms with Crippen LogP contribution in [0.15, 0.2) is 34.7 Å². The molecule has 1 aliphatic rings. The molecule has 0 aliphatic carbocycles. The van der Waals surface area contributed by atoms with Gasteiger partial charge in [-0.3, -0.25) is 0 Å². The van der Waals surface area contributed by atoms with Gasteiger partial charge >= 0.3 is 0 Å². The molecule has 1 fully saturated rings. The van der Waals surface area contributed by atoms with E-state index in [1.54, 1.807) is 13.0 Å². The van der Waals surface area contributed by atoms with Gasteiger partial charge in [0.2, 0.25) is 0 Å². The van der Waals surface area contributed by atoms with E-state index in [2.05, 4.69) is 29.0 Å². The average molecular weight is 418 g/mol. The van der Waals surface area contributed by atoms with Crippen LogP contribution in [-0.2, 0) is 0 Å². The highest BCUT2D eigenvalue weighted by atomic mass is 16.3. The molecule has 0 unspecified atom stereocenters. The molecule has 0 amide bonds. The average Bonchev–Trinajstić information content (AvgIpc) is 3.35.